The predicted octanol–water partition coefficient (Wildman–Crippen LogP) is 4.02. The van der Waals surface area contributed by atoms with Crippen molar-refractivity contribution in [3.05, 3.63) is 29.8 Å². The lowest BCUT2D eigenvalue weighted by atomic mass is 9.75. The molecule has 4 heteroatoms. The maximum Gasteiger partial charge on any atom is 0.161 e. The van der Waals surface area contributed by atoms with Crippen molar-refractivity contribution < 1.29 is 0 Å². The van der Waals surface area contributed by atoms with Crippen LogP contribution in [0.5, 0.6) is 0 Å². The minimum absolute atomic E-state index is 0.461. The number of hydrogen-bond acceptors (Lipinski definition) is 4. The second kappa shape index (κ2) is 5.88. The maximum absolute atomic E-state index is 8.92. The molecule has 0 unspecified atom stereocenters. The Morgan fingerprint density at radius 1 is 1.25 bits per heavy atom. The molecule has 1 saturated carbocycles. The van der Waals surface area contributed by atoms with E-state index in [0.717, 1.165) is 17.4 Å². The van der Waals surface area contributed by atoms with E-state index in [0.29, 0.717) is 11.0 Å². The molecule has 0 saturated heterocycles. The van der Waals surface area contributed by atoms with E-state index in [1.165, 1.54) is 37.9 Å². The van der Waals surface area contributed by atoms with Gasteiger partial charge >= 0.3 is 0 Å². The summed E-state index contributed by atoms with van der Waals surface area (Å²) < 4.78 is 0. The van der Waals surface area contributed by atoms with Gasteiger partial charge in [0.05, 0.1) is 11.6 Å². The largest absolute Gasteiger partial charge is 0.335 e. The molecule has 0 radical (unpaired) electrons. The van der Waals surface area contributed by atoms with Crippen LogP contribution in [0.3, 0.4) is 0 Å². The molecule has 104 valence electrons. The Morgan fingerprint density at radius 3 is 2.80 bits per heavy atom. The fraction of sp³-hybridized carbons (Fsp3) is 0.500. The molecule has 1 aliphatic carbocycles. The lowest BCUT2D eigenvalue weighted by Crippen LogP contribution is -2.35. The molecule has 0 atom stereocenters. The number of thioether (sulfide) groups is 1. The van der Waals surface area contributed by atoms with Crippen LogP contribution in [0.25, 0.3) is 0 Å². The Bertz CT molecular complexity index is 553. The molecular weight excluding hydrogens is 266 g/mol. The molecule has 1 heterocycles. The Balaban J connectivity index is 1.66. The van der Waals surface area contributed by atoms with Crippen molar-refractivity contribution >= 4 is 22.6 Å². The Labute approximate surface area is 124 Å². The molecule has 1 aliphatic heterocycles. The number of anilines is 1. The second-order valence-electron chi connectivity index (χ2n) is 5.79. The lowest BCUT2D eigenvalue weighted by Gasteiger charge is -2.38. The molecule has 0 amide bonds. The van der Waals surface area contributed by atoms with E-state index in [1.807, 2.05) is 36.0 Å². The molecule has 1 spiro atoms. The minimum Gasteiger partial charge on any atom is -0.335 e. The van der Waals surface area contributed by atoms with Crippen molar-refractivity contribution in [3.8, 4) is 6.07 Å². The number of nitrogens with zero attached hydrogens (tertiary/aromatic N) is 2. The first-order valence-electron chi connectivity index (χ1n) is 7.24. The van der Waals surface area contributed by atoms with Gasteiger partial charge in [-0.15, -0.1) is 0 Å². The van der Waals surface area contributed by atoms with Crippen molar-refractivity contribution in [2.75, 3.05) is 17.6 Å². The summed E-state index contributed by atoms with van der Waals surface area (Å²) in [5.74, 6) is 1.18. The summed E-state index contributed by atoms with van der Waals surface area (Å²) in [4.78, 5) is 4.74. The van der Waals surface area contributed by atoms with Gasteiger partial charge in [-0.1, -0.05) is 37.1 Å². The quantitative estimate of drug-likeness (QED) is 0.847. The van der Waals surface area contributed by atoms with Gasteiger partial charge in [0.25, 0.3) is 0 Å². The third-order valence-electron chi connectivity index (χ3n) is 4.23. The van der Waals surface area contributed by atoms with E-state index in [1.54, 1.807) is 0 Å². The fourth-order valence-electron chi connectivity index (χ4n) is 3.02. The van der Waals surface area contributed by atoms with Gasteiger partial charge in [-0.2, -0.15) is 5.26 Å². The van der Waals surface area contributed by atoms with Crippen LogP contribution in [0, 0.1) is 16.7 Å². The minimum atomic E-state index is 0.461. The first kappa shape index (κ1) is 13.5. The summed E-state index contributed by atoms with van der Waals surface area (Å²) in [7, 11) is 0. The SMILES string of the molecule is N#Cc1cccc(NC2=NCC3(CCCCC3)CS2)c1. The Hall–Kier alpha value is -1.47. The third-order valence-corrected chi connectivity index (χ3v) is 5.49. The molecule has 1 aromatic carbocycles. The normalized spacial score (nSPS) is 21.1. The van der Waals surface area contributed by atoms with Crippen LogP contribution in [-0.4, -0.2) is 17.5 Å². The van der Waals surface area contributed by atoms with Crippen molar-refractivity contribution in [1.29, 1.82) is 5.26 Å². The van der Waals surface area contributed by atoms with Crippen LogP contribution in [-0.2, 0) is 0 Å². The lowest BCUT2D eigenvalue weighted by molar-refractivity contribution is 0.232. The van der Waals surface area contributed by atoms with E-state index in [4.69, 9.17) is 10.3 Å². The number of rotatable bonds is 1. The van der Waals surface area contributed by atoms with Crippen molar-refractivity contribution in [1.82, 2.24) is 0 Å². The highest BCUT2D eigenvalue weighted by atomic mass is 32.2. The molecular formula is C16H19N3S. The summed E-state index contributed by atoms with van der Waals surface area (Å²) in [6.45, 7) is 0.959. The standard InChI is InChI=1S/C16H19N3S/c17-10-13-5-4-6-14(9-13)19-15-18-11-16(12-20-15)7-2-1-3-8-16/h4-6,9H,1-3,7-8,11-12H2,(H,18,19). The number of nitrogens with one attached hydrogen (secondary N) is 1. The topological polar surface area (TPSA) is 48.2 Å². The predicted molar refractivity (Wildman–Crippen MR) is 85.1 cm³/mol. The highest BCUT2D eigenvalue weighted by Gasteiger charge is 2.34. The highest BCUT2D eigenvalue weighted by Crippen LogP contribution is 2.41. The molecule has 0 bridgehead atoms. The molecule has 1 fully saturated rings. The molecule has 20 heavy (non-hydrogen) atoms. The smallest absolute Gasteiger partial charge is 0.161 e. The molecule has 3 nitrogen and oxygen atoms in total. The average Bonchev–Trinajstić information content (AvgIpc) is 2.51. The van der Waals surface area contributed by atoms with Crippen molar-refractivity contribution in [3.63, 3.8) is 0 Å². The second-order valence-corrected chi connectivity index (χ2v) is 6.75. The van der Waals surface area contributed by atoms with Gasteiger partial charge in [-0.3, -0.25) is 4.99 Å². The van der Waals surface area contributed by atoms with Crippen LogP contribution < -0.4 is 5.32 Å². The van der Waals surface area contributed by atoms with Crippen molar-refractivity contribution in [2.45, 2.75) is 32.1 Å². The van der Waals surface area contributed by atoms with Gasteiger partial charge < -0.3 is 5.32 Å². The zero-order chi connectivity index (χ0) is 13.8. The molecule has 3 rings (SSSR count). The zero-order valence-electron chi connectivity index (χ0n) is 11.6. The van der Waals surface area contributed by atoms with Gasteiger partial charge in [0.15, 0.2) is 5.17 Å². The molecule has 0 aromatic heterocycles. The molecule has 1 N–H and O–H groups in total. The monoisotopic (exact) mass is 285 g/mol. The number of benzene rings is 1. The summed E-state index contributed by atoms with van der Waals surface area (Å²) in [6, 6.07) is 9.73. The van der Waals surface area contributed by atoms with E-state index in [-0.39, 0.29) is 0 Å². The summed E-state index contributed by atoms with van der Waals surface area (Å²) in [6.07, 6.45) is 6.79. The first-order valence-corrected chi connectivity index (χ1v) is 8.23. The van der Waals surface area contributed by atoms with E-state index in [2.05, 4.69) is 11.4 Å². The number of amidine groups is 1. The first-order chi connectivity index (χ1) is 9.80. The third kappa shape index (κ3) is 2.99. The van der Waals surface area contributed by atoms with Gasteiger partial charge in [0, 0.05) is 18.0 Å². The zero-order valence-corrected chi connectivity index (χ0v) is 12.4. The van der Waals surface area contributed by atoms with Gasteiger partial charge in [0.2, 0.25) is 0 Å². The van der Waals surface area contributed by atoms with Crippen LogP contribution in [0.2, 0.25) is 0 Å². The van der Waals surface area contributed by atoms with Gasteiger partial charge in [0.1, 0.15) is 0 Å². The maximum atomic E-state index is 8.92. The van der Waals surface area contributed by atoms with Gasteiger partial charge in [-0.05, 0) is 36.5 Å². The van der Waals surface area contributed by atoms with E-state index < -0.39 is 0 Å². The van der Waals surface area contributed by atoms with Crippen LogP contribution >= 0.6 is 11.8 Å². The van der Waals surface area contributed by atoms with Crippen LogP contribution in [0.15, 0.2) is 29.3 Å². The fourth-order valence-corrected chi connectivity index (χ4v) is 4.19. The van der Waals surface area contributed by atoms with Crippen molar-refractivity contribution in [2.24, 2.45) is 10.4 Å². The number of nitriles is 1. The Kier molecular flexibility index (Phi) is 3.98. The molecule has 1 aromatic rings. The number of aliphatic imine (C=N–C) groups is 1. The van der Waals surface area contributed by atoms with Gasteiger partial charge in [-0.25, -0.2) is 0 Å². The van der Waals surface area contributed by atoms with E-state index in [9.17, 15) is 0 Å². The Morgan fingerprint density at radius 2 is 2.10 bits per heavy atom. The average molecular weight is 285 g/mol. The van der Waals surface area contributed by atoms with Crippen LogP contribution in [0.4, 0.5) is 5.69 Å². The number of hydrogen-bond donors (Lipinski definition) is 1. The van der Waals surface area contributed by atoms with Crippen LogP contribution in [0.1, 0.15) is 37.7 Å². The summed E-state index contributed by atoms with van der Waals surface area (Å²) >= 11 is 1.83. The summed E-state index contributed by atoms with van der Waals surface area (Å²) in [5.41, 5.74) is 2.10. The van der Waals surface area contributed by atoms with E-state index >= 15 is 0 Å². The molecule has 2 aliphatic rings. The summed E-state index contributed by atoms with van der Waals surface area (Å²) in [5, 5.41) is 13.3. The highest BCUT2D eigenvalue weighted by molar-refractivity contribution is 8.14.